The molecule has 0 spiro atoms. The van der Waals surface area contributed by atoms with Crippen LogP contribution in [-0.2, 0) is 0 Å². The topological polar surface area (TPSA) is 64.9 Å². The van der Waals surface area contributed by atoms with Gasteiger partial charge in [-0.25, -0.2) is 4.39 Å². The molecule has 2 aromatic rings. The van der Waals surface area contributed by atoms with Crippen LogP contribution in [0.15, 0.2) is 22.7 Å². The summed E-state index contributed by atoms with van der Waals surface area (Å²) in [4.78, 5) is 4.40. The average molecular weight is 261 g/mol. The highest BCUT2D eigenvalue weighted by Gasteiger charge is 2.30. The number of nitrogens with two attached hydrogens (primary N) is 1. The van der Waals surface area contributed by atoms with Crippen LogP contribution in [-0.4, -0.2) is 16.2 Å². The molecule has 0 aliphatic heterocycles. The molecule has 0 amide bonds. The van der Waals surface area contributed by atoms with Crippen molar-refractivity contribution in [1.29, 1.82) is 0 Å². The SMILES string of the molecule is Cc1cc(-c2noc(C3CCCC3N)n2)ccc1F. The first-order valence-corrected chi connectivity index (χ1v) is 6.51. The fraction of sp³-hybridized carbons (Fsp3) is 0.429. The predicted octanol–water partition coefficient (Wildman–Crippen LogP) is 2.78. The largest absolute Gasteiger partial charge is 0.339 e. The summed E-state index contributed by atoms with van der Waals surface area (Å²) in [6.45, 7) is 1.71. The Morgan fingerprint density at radius 2 is 2.21 bits per heavy atom. The lowest BCUT2D eigenvalue weighted by Crippen LogP contribution is -2.22. The Kier molecular flexibility index (Phi) is 3.06. The second-order valence-corrected chi connectivity index (χ2v) is 5.12. The van der Waals surface area contributed by atoms with Crippen LogP contribution in [0.2, 0.25) is 0 Å². The summed E-state index contributed by atoms with van der Waals surface area (Å²) in [5, 5.41) is 3.97. The van der Waals surface area contributed by atoms with E-state index in [2.05, 4.69) is 10.1 Å². The molecule has 2 unspecified atom stereocenters. The van der Waals surface area contributed by atoms with E-state index in [9.17, 15) is 4.39 Å². The Balaban J connectivity index is 1.90. The summed E-state index contributed by atoms with van der Waals surface area (Å²) in [6, 6.07) is 4.90. The Morgan fingerprint density at radius 1 is 1.37 bits per heavy atom. The lowest BCUT2D eigenvalue weighted by Gasteiger charge is -2.08. The molecule has 3 rings (SSSR count). The van der Waals surface area contributed by atoms with Gasteiger partial charge in [0.15, 0.2) is 0 Å². The molecule has 1 aliphatic rings. The van der Waals surface area contributed by atoms with Gasteiger partial charge in [0.25, 0.3) is 0 Å². The second kappa shape index (κ2) is 4.74. The van der Waals surface area contributed by atoms with Gasteiger partial charge in [-0.05, 0) is 43.5 Å². The Labute approximate surface area is 110 Å². The zero-order valence-corrected chi connectivity index (χ0v) is 10.8. The third kappa shape index (κ3) is 2.26. The number of benzene rings is 1. The monoisotopic (exact) mass is 261 g/mol. The van der Waals surface area contributed by atoms with E-state index in [1.807, 2.05) is 0 Å². The molecule has 1 aromatic heterocycles. The standard InChI is InChI=1S/C14H16FN3O/c1-8-7-9(5-6-11(8)15)13-17-14(19-18-13)10-3-2-4-12(10)16/h5-7,10,12H,2-4,16H2,1H3. The number of rotatable bonds is 2. The lowest BCUT2D eigenvalue weighted by molar-refractivity contribution is 0.345. The lowest BCUT2D eigenvalue weighted by atomic mass is 10.0. The van der Waals surface area contributed by atoms with Gasteiger partial charge in [0.2, 0.25) is 11.7 Å². The van der Waals surface area contributed by atoms with E-state index in [0.717, 1.165) is 24.8 Å². The van der Waals surface area contributed by atoms with Gasteiger partial charge < -0.3 is 10.3 Å². The van der Waals surface area contributed by atoms with Gasteiger partial charge in [-0.2, -0.15) is 4.98 Å². The summed E-state index contributed by atoms with van der Waals surface area (Å²) in [5.41, 5.74) is 7.36. The van der Waals surface area contributed by atoms with Gasteiger partial charge in [0.05, 0.1) is 5.92 Å². The van der Waals surface area contributed by atoms with Crippen molar-refractivity contribution in [3.05, 3.63) is 35.5 Å². The van der Waals surface area contributed by atoms with Gasteiger partial charge in [-0.3, -0.25) is 0 Å². The highest BCUT2D eigenvalue weighted by molar-refractivity contribution is 5.55. The van der Waals surface area contributed by atoms with Crippen molar-refractivity contribution in [2.75, 3.05) is 0 Å². The van der Waals surface area contributed by atoms with E-state index in [0.29, 0.717) is 17.3 Å². The molecule has 100 valence electrons. The first-order valence-electron chi connectivity index (χ1n) is 6.51. The third-order valence-electron chi connectivity index (χ3n) is 3.74. The zero-order valence-electron chi connectivity index (χ0n) is 10.8. The van der Waals surface area contributed by atoms with Crippen molar-refractivity contribution in [3.63, 3.8) is 0 Å². The molecule has 1 fully saturated rings. The first-order chi connectivity index (χ1) is 9.15. The molecule has 1 aromatic carbocycles. The van der Waals surface area contributed by atoms with E-state index in [-0.39, 0.29) is 17.8 Å². The van der Waals surface area contributed by atoms with Crippen molar-refractivity contribution >= 4 is 0 Å². The van der Waals surface area contributed by atoms with Crippen molar-refractivity contribution in [1.82, 2.24) is 10.1 Å². The van der Waals surface area contributed by atoms with Gasteiger partial charge in [-0.15, -0.1) is 0 Å². The van der Waals surface area contributed by atoms with Crippen molar-refractivity contribution in [3.8, 4) is 11.4 Å². The summed E-state index contributed by atoms with van der Waals surface area (Å²) in [7, 11) is 0. The van der Waals surface area contributed by atoms with Crippen LogP contribution in [0.3, 0.4) is 0 Å². The molecule has 2 atom stereocenters. The minimum atomic E-state index is -0.231. The fourth-order valence-corrected chi connectivity index (χ4v) is 2.58. The molecule has 2 N–H and O–H groups in total. The average Bonchev–Trinajstić information content (AvgIpc) is 3.01. The van der Waals surface area contributed by atoms with Crippen LogP contribution in [0.4, 0.5) is 4.39 Å². The Morgan fingerprint density at radius 3 is 2.89 bits per heavy atom. The van der Waals surface area contributed by atoms with Crippen LogP contribution < -0.4 is 5.73 Å². The fourth-order valence-electron chi connectivity index (χ4n) is 2.58. The van der Waals surface area contributed by atoms with Gasteiger partial charge in [0, 0.05) is 11.6 Å². The number of hydrogen-bond donors (Lipinski definition) is 1. The molecule has 0 bridgehead atoms. The van der Waals surface area contributed by atoms with Crippen LogP contribution in [0.5, 0.6) is 0 Å². The van der Waals surface area contributed by atoms with E-state index in [1.54, 1.807) is 19.1 Å². The summed E-state index contributed by atoms with van der Waals surface area (Å²) >= 11 is 0. The molecule has 0 radical (unpaired) electrons. The van der Waals surface area contributed by atoms with Crippen LogP contribution in [0.25, 0.3) is 11.4 Å². The summed E-state index contributed by atoms with van der Waals surface area (Å²) < 4.78 is 18.5. The van der Waals surface area contributed by atoms with Crippen LogP contribution in [0.1, 0.15) is 36.6 Å². The number of aryl methyl sites for hydroxylation is 1. The molecule has 1 aliphatic carbocycles. The van der Waals surface area contributed by atoms with Crippen LogP contribution >= 0.6 is 0 Å². The zero-order chi connectivity index (χ0) is 13.4. The molecule has 19 heavy (non-hydrogen) atoms. The van der Waals surface area contributed by atoms with Crippen molar-refractivity contribution in [2.45, 2.75) is 38.1 Å². The van der Waals surface area contributed by atoms with Crippen LogP contribution in [0, 0.1) is 12.7 Å². The molecule has 1 saturated carbocycles. The molecule has 5 heteroatoms. The minimum absolute atomic E-state index is 0.100. The van der Waals surface area contributed by atoms with Gasteiger partial charge in [-0.1, -0.05) is 11.6 Å². The van der Waals surface area contributed by atoms with E-state index in [4.69, 9.17) is 10.3 Å². The van der Waals surface area contributed by atoms with Gasteiger partial charge >= 0.3 is 0 Å². The highest BCUT2D eigenvalue weighted by Crippen LogP contribution is 2.33. The number of nitrogens with zero attached hydrogens (tertiary/aromatic N) is 2. The number of aromatic nitrogens is 2. The highest BCUT2D eigenvalue weighted by atomic mass is 19.1. The van der Waals surface area contributed by atoms with Crippen molar-refractivity contribution in [2.24, 2.45) is 5.73 Å². The third-order valence-corrected chi connectivity index (χ3v) is 3.74. The van der Waals surface area contributed by atoms with Gasteiger partial charge in [0.1, 0.15) is 5.82 Å². The maximum absolute atomic E-state index is 13.2. The molecule has 1 heterocycles. The number of hydrogen-bond acceptors (Lipinski definition) is 4. The molecular weight excluding hydrogens is 245 g/mol. The van der Waals surface area contributed by atoms with E-state index >= 15 is 0 Å². The molecule has 4 nitrogen and oxygen atoms in total. The summed E-state index contributed by atoms with van der Waals surface area (Å²) in [5.74, 6) is 1.02. The molecular formula is C14H16FN3O. The smallest absolute Gasteiger partial charge is 0.231 e. The minimum Gasteiger partial charge on any atom is -0.339 e. The quantitative estimate of drug-likeness (QED) is 0.902. The normalized spacial score (nSPS) is 22.9. The maximum atomic E-state index is 13.2. The van der Waals surface area contributed by atoms with E-state index in [1.165, 1.54) is 6.07 Å². The first kappa shape index (κ1) is 12.3. The van der Waals surface area contributed by atoms with E-state index < -0.39 is 0 Å². The second-order valence-electron chi connectivity index (χ2n) is 5.12. The predicted molar refractivity (Wildman–Crippen MR) is 69.0 cm³/mol. The maximum Gasteiger partial charge on any atom is 0.231 e. The number of halogens is 1. The Hall–Kier alpha value is -1.75. The molecule has 0 saturated heterocycles. The Bertz CT molecular complexity index is 596. The summed E-state index contributed by atoms with van der Waals surface area (Å²) in [6.07, 6.45) is 3.09. The van der Waals surface area contributed by atoms with Crippen molar-refractivity contribution < 1.29 is 8.91 Å².